The Morgan fingerprint density at radius 3 is 2.50 bits per heavy atom. The van der Waals surface area contributed by atoms with Gasteiger partial charge in [0.05, 0.1) is 12.8 Å². The maximum Gasteiger partial charge on any atom is 0.344 e. The first kappa shape index (κ1) is 22.9. The smallest absolute Gasteiger partial charge is 0.344 e. The van der Waals surface area contributed by atoms with E-state index in [1.807, 2.05) is 6.92 Å². The molecular weight excluding hydrogens is 410 g/mol. The van der Waals surface area contributed by atoms with Gasteiger partial charge in [0.25, 0.3) is 0 Å². The molecule has 9 heteroatoms. The van der Waals surface area contributed by atoms with Crippen molar-refractivity contribution in [2.45, 2.75) is 20.3 Å². The topological polar surface area (TPSA) is 106 Å². The lowest BCUT2D eigenvalue weighted by atomic mass is 10.2. The van der Waals surface area contributed by atoms with Crippen LogP contribution in [0.5, 0.6) is 5.75 Å². The van der Waals surface area contributed by atoms with Crippen LogP contribution in [0, 0.1) is 6.92 Å². The van der Waals surface area contributed by atoms with E-state index in [9.17, 15) is 14.4 Å². The SMILES string of the molecule is CCOC(=O)COc1ccc(C=NNC(=O)CC(=O)Nc2ccc(C)c(Cl)c2)cc1. The van der Waals surface area contributed by atoms with Crippen molar-refractivity contribution in [1.29, 1.82) is 0 Å². The van der Waals surface area contributed by atoms with Crippen molar-refractivity contribution >= 4 is 41.3 Å². The normalized spacial score (nSPS) is 10.5. The molecule has 0 spiro atoms. The summed E-state index contributed by atoms with van der Waals surface area (Å²) in [4.78, 5) is 35.0. The Kier molecular flexibility index (Phi) is 8.83. The monoisotopic (exact) mass is 431 g/mol. The Hall–Kier alpha value is -3.39. The van der Waals surface area contributed by atoms with E-state index < -0.39 is 17.8 Å². The lowest BCUT2D eigenvalue weighted by molar-refractivity contribution is -0.145. The lowest BCUT2D eigenvalue weighted by Crippen LogP contribution is -2.24. The summed E-state index contributed by atoms with van der Waals surface area (Å²) >= 11 is 6.01. The molecule has 0 saturated carbocycles. The minimum Gasteiger partial charge on any atom is -0.482 e. The van der Waals surface area contributed by atoms with Crippen molar-refractivity contribution < 1.29 is 23.9 Å². The average Bonchev–Trinajstić information content (AvgIpc) is 2.70. The summed E-state index contributed by atoms with van der Waals surface area (Å²) in [5.41, 5.74) is 4.38. The first-order valence-corrected chi connectivity index (χ1v) is 9.51. The molecule has 0 atom stereocenters. The number of benzene rings is 2. The molecule has 0 aliphatic carbocycles. The van der Waals surface area contributed by atoms with Gasteiger partial charge in [-0.15, -0.1) is 0 Å². The number of nitrogens with zero attached hydrogens (tertiary/aromatic N) is 1. The number of aryl methyl sites for hydroxylation is 1. The molecule has 0 aliphatic heterocycles. The van der Waals surface area contributed by atoms with Gasteiger partial charge in [0, 0.05) is 10.7 Å². The van der Waals surface area contributed by atoms with Crippen molar-refractivity contribution in [2.75, 3.05) is 18.5 Å². The first-order valence-electron chi connectivity index (χ1n) is 9.13. The Morgan fingerprint density at radius 1 is 1.10 bits per heavy atom. The lowest BCUT2D eigenvalue weighted by Gasteiger charge is -2.06. The van der Waals surface area contributed by atoms with Crippen LogP contribution in [-0.4, -0.2) is 37.2 Å². The van der Waals surface area contributed by atoms with Gasteiger partial charge in [0.2, 0.25) is 11.8 Å². The summed E-state index contributed by atoms with van der Waals surface area (Å²) in [6.45, 7) is 3.69. The van der Waals surface area contributed by atoms with Crippen LogP contribution >= 0.6 is 11.6 Å². The second-order valence-corrected chi connectivity index (χ2v) is 6.55. The fourth-order valence-electron chi connectivity index (χ4n) is 2.23. The van der Waals surface area contributed by atoms with E-state index >= 15 is 0 Å². The Labute approximate surface area is 179 Å². The van der Waals surface area contributed by atoms with Crippen LogP contribution in [-0.2, 0) is 19.1 Å². The van der Waals surface area contributed by atoms with Crippen molar-refractivity contribution in [3.8, 4) is 5.75 Å². The number of nitrogens with one attached hydrogen (secondary N) is 2. The minimum atomic E-state index is -0.559. The van der Waals surface area contributed by atoms with Gasteiger partial charge in [-0.25, -0.2) is 10.2 Å². The Morgan fingerprint density at radius 2 is 1.83 bits per heavy atom. The number of anilines is 1. The van der Waals surface area contributed by atoms with Gasteiger partial charge in [-0.05, 0) is 61.4 Å². The van der Waals surface area contributed by atoms with Crippen LogP contribution in [0.15, 0.2) is 47.6 Å². The van der Waals surface area contributed by atoms with Crippen molar-refractivity contribution in [3.63, 3.8) is 0 Å². The van der Waals surface area contributed by atoms with E-state index in [0.29, 0.717) is 28.6 Å². The summed E-state index contributed by atoms with van der Waals surface area (Å²) in [6, 6.07) is 11.8. The molecule has 0 unspecified atom stereocenters. The van der Waals surface area contributed by atoms with Gasteiger partial charge in [0.1, 0.15) is 12.2 Å². The maximum absolute atomic E-state index is 11.9. The zero-order valence-corrected chi connectivity index (χ0v) is 17.4. The number of hydrogen-bond donors (Lipinski definition) is 2. The molecule has 2 aromatic carbocycles. The van der Waals surface area contributed by atoms with Gasteiger partial charge >= 0.3 is 5.97 Å². The fourth-order valence-corrected chi connectivity index (χ4v) is 2.42. The van der Waals surface area contributed by atoms with E-state index in [1.54, 1.807) is 49.4 Å². The number of amides is 2. The first-order chi connectivity index (χ1) is 14.4. The highest BCUT2D eigenvalue weighted by Crippen LogP contribution is 2.20. The molecule has 30 heavy (non-hydrogen) atoms. The molecule has 2 rings (SSSR count). The molecule has 0 aromatic heterocycles. The molecule has 0 saturated heterocycles. The number of halogens is 1. The molecule has 0 heterocycles. The van der Waals surface area contributed by atoms with Crippen LogP contribution in [0.3, 0.4) is 0 Å². The summed E-state index contributed by atoms with van der Waals surface area (Å²) in [7, 11) is 0. The third kappa shape index (κ3) is 7.92. The number of esters is 1. The predicted octanol–water partition coefficient (Wildman–Crippen LogP) is 3.07. The Balaban J connectivity index is 1.76. The molecule has 0 radical (unpaired) electrons. The predicted molar refractivity (Wildman–Crippen MR) is 114 cm³/mol. The van der Waals surface area contributed by atoms with Crippen molar-refractivity contribution in [3.05, 3.63) is 58.6 Å². The van der Waals surface area contributed by atoms with E-state index in [-0.39, 0.29) is 13.0 Å². The zero-order chi connectivity index (χ0) is 21.9. The van der Waals surface area contributed by atoms with Gasteiger partial charge in [0.15, 0.2) is 6.61 Å². The number of hydrogen-bond acceptors (Lipinski definition) is 6. The number of carbonyl (C=O) groups is 3. The molecule has 8 nitrogen and oxygen atoms in total. The second-order valence-electron chi connectivity index (χ2n) is 6.14. The van der Waals surface area contributed by atoms with E-state index in [4.69, 9.17) is 21.1 Å². The molecule has 2 amide bonds. The minimum absolute atomic E-state index is 0.172. The van der Waals surface area contributed by atoms with Crippen LogP contribution in [0.1, 0.15) is 24.5 Å². The maximum atomic E-state index is 11.9. The number of carbonyl (C=O) groups excluding carboxylic acids is 3. The highest BCUT2D eigenvalue weighted by Gasteiger charge is 2.09. The molecular formula is C21H22ClN3O5. The van der Waals surface area contributed by atoms with E-state index in [1.165, 1.54) is 6.21 Å². The fraction of sp³-hybridized carbons (Fsp3) is 0.238. The summed E-state index contributed by atoms with van der Waals surface area (Å²) < 4.78 is 10.1. The van der Waals surface area contributed by atoms with Gasteiger partial charge in [-0.2, -0.15) is 5.10 Å². The molecule has 0 aliphatic rings. The molecule has 2 N–H and O–H groups in total. The zero-order valence-electron chi connectivity index (χ0n) is 16.6. The molecule has 158 valence electrons. The molecule has 0 bridgehead atoms. The summed E-state index contributed by atoms with van der Waals surface area (Å²) in [6.07, 6.45) is 1.04. The average molecular weight is 432 g/mol. The van der Waals surface area contributed by atoms with Crippen LogP contribution in [0.2, 0.25) is 5.02 Å². The molecule has 0 fully saturated rings. The van der Waals surface area contributed by atoms with Crippen LogP contribution < -0.4 is 15.5 Å². The largest absolute Gasteiger partial charge is 0.482 e. The number of rotatable bonds is 9. The van der Waals surface area contributed by atoms with Gasteiger partial charge in [-0.1, -0.05) is 17.7 Å². The number of ether oxygens (including phenoxy) is 2. The Bertz CT molecular complexity index is 929. The standard InChI is InChI=1S/C21H22ClN3O5/c1-3-29-21(28)13-30-17-8-5-15(6-9-17)12-23-25-20(27)11-19(26)24-16-7-4-14(2)18(22)10-16/h4-10,12H,3,11,13H2,1-2H3,(H,24,26)(H,25,27). The highest BCUT2D eigenvalue weighted by molar-refractivity contribution is 6.31. The van der Waals surface area contributed by atoms with Crippen molar-refractivity contribution in [1.82, 2.24) is 5.43 Å². The highest BCUT2D eigenvalue weighted by atomic mass is 35.5. The molecule has 2 aromatic rings. The number of hydrazone groups is 1. The van der Waals surface area contributed by atoms with E-state index in [2.05, 4.69) is 15.8 Å². The van der Waals surface area contributed by atoms with Crippen LogP contribution in [0.4, 0.5) is 5.69 Å². The second kappa shape index (κ2) is 11.6. The quantitative estimate of drug-likeness (QED) is 0.274. The van der Waals surface area contributed by atoms with Crippen molar-refractivity contribution in [2.24, 2.45) is 5.10 Å². The summed E-state index contributed by atoms with van der Waals surface area (Å²) in [5.74, 6) is -0.987. The third-order valence-electron chi connectivity index (χ3n) is 3.72. The summed E-state index contributed by atoms with van der Waals surface area (Å²) in [5, 5.41) is 6.94. The van der Waals surface area contributed by atoms with Gasteiger partial charge in [-0.3, -0.25) is 9.59 Å². The van der Waals surface area contributed by atoms with Gasteiger partial charge < -0.3 is 14.8 Å². The van der Waals surface area contributed by atoms with E-state index in [0.717, 1.165) is 5.56 Å². The third-order valence-corrected chi connectivity index (χ3v) is 4.13. The van der Waals surface area contributed by atoms with Crippen LogP contribution in [0.25, 0.3) is 0 Å².